The molecule has 0 aromatic carbocycles. The predicted octanol–water partition coefficient (Wildman–Crippen LogP) is 3.25. The average Bonchev–Trinajstić information content (AvgIpc) is 2.75. The number of carbonyl (C=O) groups excluding carboxylic acids is 2. The van der Waals surface area contributed by atoms with Crippen LogP contribution in [0.5, 0.6) is 0 Å². The van der Waals surface area contributed by atoms with Gasteiger partial charge in [-0.1, -0.05) is 45.4 Å². The van der Waals surface area contributed by atoms with E-state index in [9.17, 15) is 9.59 Å². The third kappa shape index (κ3) is 4.07. The van der Waals surface area contributed by atoms with Crippen LogP contribution in [0.4, 0.5) is 0 Å². The highest BCUT2D eigenvalue weighted by molar-refractivity contribution is 5.89. The van der Waals surface area contributed by atoms with Crippen LogP contribution in [0.15, 0.2) is 0 Å². The van der Waals surface area contributed by atoms with Gasteiger partial charge in [-0.2, -0.15) is 0 Å². The molecule has 130 valence electrons. The van der Waals surface area contributed by atoms with E-state index in [2.05, 4.69) is 12.2 Å². The summed E-state index contributed by atoms with van der Waals surface area (Å²) in [5.41, 5.74) is 0. The molecular weight excluding hydrogens is 288 g/mol. The second-order valence-corrected chi connectivity index (χ2v) is 7.97. The van der Waals surface area contributed by atoms with Gasteiger partial charge in [-0.15, -0.1) is 0 Å². The quantitative estimate of drug-likeness (QED) is 0.812. The first-order valence-corrected chi connectivity index (χ1v) is 9.75. The Hall–Kier alpha value is -1.06. The molecule has 3 atom stereocenters. The number of hydrogen-bond acceptors (Lipinski definition) is 2. The molecule has 1 heterocycles. The van der Waals surface area contributed by atoms with Crippen LogP contribution in [0.25, 0.3) is 0 Å². The van der Waals surface area contributed by atoms with Crippen molar-refractivity contribution in [1.82, 2.24) is 10.2 Å². The van der Waals surface area contributed by atoms with Gasteiger partial charge in [0.25, 0.3) is 0 Å². The van der Waals surface area contributed by atoms with Crippen molar-refractivity contribution in [2.24, 2.45) is 11.8 Å². The summed E-state index contributed by atoms with van der Waals surface area (Å²) in [5.74, 6) is 0.768. The van der Waals surface area contributed by atoms with Crippen molar-refractivity contribution in [3.05, 3.63) is 0 Å². The Morgan fingerprint density at radius 1 is 1.00 bits per heavy atom. The molecule has 0 aromatic heterocycles. The smallest absolute Gasteiger partial charge is 0.225 e. The minimum atomic E-state index is -0.125. The summed E-state index contributed by atoms with van der Waals surface area (Å²) in [7, 11) is 0. The Morgan fingerprint density at radius 3 is 2.35 bits per heavy atom. The van der Waals surface area contributed by atoms with Gasteiger partial charge in [-0.25, -0.2) is 0 Å². The maximum absolute atomic E-state index is 12.6. The molecule has 1 saturated heterocycles. The van der Waals surface area contributed by atoms with E-state index in [4.69, 9.17) is 0 Å². The Labute approximate surface area is 140 Å². The minimum absolute atomic E-state index is 0.119. The van der Waals surface area contributed by atoms with Crippen LogP contribution in [-0.2, 0) is 9.59 Å². The lowest BCUT2D eigenvalue weighted by atomic mass is 9.85. The molecular formula is C19H32N2O2. The van der Waals surface area contributed by atoms with Gasteiger partial charge in [0, 0.05) is 25.0 Å². The van der Waals surface area contributed by atoms with E-state index in [1.807, 2.05) is 4.90 Å². The topological polar surface area (TPSA) is 49.4 Å². The maximum atomic E-state index is 12.6. The molecule has 23 heavy (non-hydrogen) atoms. The molecule has 4 heteroatoms. The standard InChI is InChI=1S/C19H32N2O2/c1-14-8-6-7-11-17(14)20-19(23)15-12-18(22)21(13-15)16-9-4-2-3-5-10-16/h14-17H,2-13H2,1H3,(H,20,23)/t14-,15+,17-/m1/s1. The highest BCUT2D eigenvalue weighted by atomic mass is 16.2. The third-order valence-corrected chi connectivity index (χ3v) is 6.23. The van der Waals surface area contributed by atoms with E-state index in [0.717, 1.165) is 19.3 Å². The zero-order valence-electron chi connectivity index (χ0n) is 14.6. The van der Waals surface area contributed by atoms with E-state index in [-0.39, 0.29) is 17.7 Å². The monoisotopic (exact) mass is 320 g/mol. The number of nitrogens with zero attached hydrogens (tertiary/aromatic N) is 1. The van der Waals surface area contributed by atoms with Crippen molar-refractivity contribution in [2.75, 3.05) is 6.54 Å². The molecule has 0 radical (unpaired) electrons. The molecule has 3 rings (SSSR count). The zero-order chi connectivity index (χ0) is 16.2. The van der Waals surface area contributed by atoms with Crippen molar-refractivity contribution in [2.45, 2.75) is 89.6 Å². The van der Waals surface area contributed by atoms with Gasteiger partial charge in [-0.3, -0.25) is 9.59 Å². The Kier molecular flexibility index (Phi) is 5.60. The predicted molar refractivity (Wildman–Crippen MR) is 90.9 cm³/mol. The van der Waals surface area contributed by atoms with Gasteiger partial charge in [0.1, 0.15) is 0 Å². The molecule has 2 aliphatic carbocycles. The van der Waals surface area contributed by atoms with Crippen LogP contribution >= 0.6 is 0 Å². The van der Waals surface area contributed by atoms with Crippen molar-refractivity contribution >= 4 is 11.8 Å². The van der Waals surface area contributed by atoms with Crippen LogP contribution in [0.3, 0.4) is 0 Å². The van der Waals surface area contributed by atoms with E-state index < -0.39 is 0 Å². The molecule has 0 unspecified atom stereocenters. The summed E-state index contributed by atoms with van der Waals surface area (Å²) in [6.07, 6.45) is 12.5. The molecule has 2 amide bonds. The van der Waals surface area contributed by atoms with Gasteiger partial charge < -0.3 is 10.2 Å². The van der Waals surface area contributed by atoms with Crippen LogP contribution in [0, 0.1) is 11.8 Å². The molecule has 0 aromatic rings. The van der Waals surface area contributed by atoms with Crippen LogP contribution in [-0.4, -0.2) is 35.3 Å². The van der Waals surface area contributed by atoms with Gasteiger partial charge >= 0.3 is 0 Å². The van der Waals surface area contributed by atoms with Gasteiger partial charge in [0.05, 0.1) is 5.92 Å². The summed E-state index contributed by atoms with van der Waals surface area (Å²) < 4.78 is 0. The number of hydrogen-bond donors (Lipinski definition) is 1. The molecule has 4 nitrogen and oxygen atoms in total. The summed E-state index contributed by atoms with van der Waals surface area (Å²) in [6, 6.07) is 0.703. The number of rotatable bonds is 3. The Balaban J connectivity index is 1.54. The lowest BCUT2D eigenvalue weighted by molar-refractivity contribution is -0.130. The Bertz CT molecular complexity index is 429. The fourth-order valence-electron chi connectivity index (χ4n) is 4.66. The number of amides is 2. The molecule has 3 fully saturated rings. The van der Waals surface area contributed by atoms with Crippen LogP contribution in [0.1, 0.15) is 77.6 Å². The lowest BCUT2D eigenvalue weighted by Gasteiger charge is -2.30. The fraction of sp³-hybridized carbons (Fsp3) is 0.895. The first-order valence-electron chi connectivity index (χ1n) is 9.75. The highest BCUT2D eigenvalue weighted by Gasteiger charge is 2.38. The van der Waals surface area contributed by atoms with Crippen molar-refractivity contribution < 1.29 is 9.59 Å². The van der Waals surface area contributed by atoms with Crippen LogP contribution in [0.2, 0.25) is 0 Å². The fourth-order valence-corrected chi connectivity index (χ4v) is 4.66. The van der Waals surface area contributed by atoms with Gasteiger partial charge in [-0.05, 0) is 31.6 Å². The number of nitrogens with one attached hydrogen (secondary N) is 1. The molecule has 3 aliphatic rings. The van der Waals surface area contributed by atoms with Crippen molar-refractivity contribution in [1.29, 1.82) is 0 Å². The molecule has 2 saturated carbocycles. The number of likely N-dealkylation sites (tertiary alicyclic amines) is 1. The summed E-state index contributed by atoms with van der Waals surface area (Å²) in [6.45, 7) is 2.89. The van der Waals surface area contributed by atoms with Crippen molar-refractivity contribution in [3.63, 3.8) is 0 Å². The maximum Gasteiger partial charge on any atom is 0.225 e. The van der Waals surface area contributed by atoms with E-state index >= 15 is 0 Å². The summed E-state index contributed by atoms with van der Waals surface area (Å²) in [4.78, 5) is 27.0. The van der Waals surface area contributed by atoms with Crippen LogP contribution < -0.4 is 5.32 Å². The number of carbonyl (C=O) groups is 2. The van der Waals surface area contributed by atoms with E-state index in [1.54, 1.807) is 0 Å². The third-order valence-electron chi connectivity index (χ3n) is 6.23. The molecule has 1 N–H and O–H groups in total. The van der Waals surface area contributed by atoms with E-state index in [0.29, 0.717) is 31.0 Å². The molecule has 1 aliphatic heterocycles. The largest absolute Gasteiger partial charge is 0.353 e. The SMILES string of the molecule is C[C@@H]1CCCC[C@H]1NC(=O)[C@H]1CC(=O)N(C2CCCCCC2)C1. The first kappa shape index (κ1) is 16.8. The van der Waals surface area contributed by atoms with Crippen molar-refractivity contribution in [3.8, 4) is 0 Å². The Morgan fingerprint density at radius 2 is 1.65 bits per heavy atom. The highest BCUT2D eigenvalue weighted by Crippen LogP contribution is 2.29. The first-order chi connectivity index (χ1) is 11.1. The normalized spacial score (nSPS) is 33.5. The summed E-state index contributed by atoms with van der Waals surface area (Å²) in [5, 5.41) is 3.25. The molecule has 0 bridgehead atoms. The second kappa shape index (κ2) is 7.67. The van der Waals surface area contributed by atoms with Gasteiger partial charge in [0.15, 0.2) is 0 Å². The lowest BCUT2D eigenvalue weighted by Crippen LogP contribution is -2.44. The van der Waals surface area contributed by atoms with Gasteiger partial charge in [0.2, 0.25) is 11.8 Å². The van der Waals surface area contributed by atoms with E-state index in [1.165, 1.54) is 44.9 Å². The minimum Gasteiger partial charge on any atom is -0.353 e. The average molecular weight is 320 g/mol. The molecule has 0 spiro atoms. The summed E-state index contributed by atoms with van der Waals surface area (Å²) >= 11 is 0. The zero-order valence-corrected chi connectivity index (χ0v) is 14.6. The second-order valence-electron chi connectivity index (χ2n) is 7.97.